The van der Waals surface area contributed by atoms with Crippen LogP contribution in [0.4, 0.5) is 5.82 Å². The number of aliphatic hydroxyl groups is 3. The number of rotatable bonds is 10. The van der Waals surface area contributed by atoms with E-state index in [0.717, 1.165) is 18.6 Å². The van der Waals surface area contributed by atoms with Crippen LogP contribution in [-0.4, -0.2) is 83.6 Å². The molecule has 0 radical (unpaired) electrons. The van der Waals surface area contributed by atoms with E-state index >= 15 is 0 Å². The predicted octanol–water partition coefficient (Wildman–Crippen LogP) is 2.39. The van der Waals surface area contributed by atoms with Crippen LogP contribution in [0, 0.1) is 0 Å². The zero-order chi connectivity index (χ0) is 24.5. The van der Waals surface area contributed by atoms with E-state index in [-0.39, 0.29) is 19.3 Å². The highest BCUT2D eigenvalue weighted by Crippen LogP contribution is 2.44. The summed E-state index contributed by atoms with van der Waals surface area (Å²) in [6.07, 6.45) is -0.528. The molecule has 4 N–H and O–H groups in total. The molecule has 0 spiro atoms. The molecule has 2 unspecified atom stereocenters. The van der Waals surface area contributed by atoms with Gasteiger partial charge in [-0.15, -0.1) is 5.10 Å². The number of hydrogen-bond donors (Lipinski definition) is 4. The molecule has 0 aliphatic heterocycles. The number of nitrogens with zero attached hydrogens (tertiary/aromatic N) is 5. The van der Waals surface area contributed by atoms with Crippen LogP contribution in [0.5, 0.6) is 0 Å². The zero-order valence-electron chi connectivity index (χ0n) is 19.3. The van der Waals surface area contributed by atoms with E-state index < -0.39 is 24.4 Å². The summed E-state index contributed by atoms with van der Waals surface area (Å²) in [5, 5.41) is 43.7. The molecule has 0 saturated heterocycles. The van der Waals surface area contributed by atoms with Crippen molar-refractivity contribution in [2.75, 3.05) is 24.3 Å². The first-order valence-electron chi connectivity index (χ1n) is 11.9. The number of benzene rings is 1. The van der Waals surface area contributed by atoms with E-state index in [0.29, 0.717) is 39.5 Å². The number of aromatic nitrogens is 5. The summed E-state index contributed by atoms with van der Waals surface area (Å²) in [6, 6.07) is 7.54. The lowest BCUT2D eigenvalue weighted by molar-refractivity contribution is -0.0629. The highest BCUT2D eigenvalue weighted by molar-refractivity contribution is 7.99. The molecule has 2 saturated carbocycles. The maximum atomic E-state index is 10.7. The first kappa shape index (κ1) is 24.7. The second kappa shape index (κ2) is 10.5. The molecule has 6 atom stereocenters. The molecule has 1 aromatic carbocycles. The van der Waals surface area contributed by atoms with Crippen LogP contribution in [0.3, 0.4) is 0 Å². The van der Waals surface area contributed by atoms with Gasteiger partial charge in [-0.05, 0) is 30.5 Å². The highest BCUT2D eigenvalue weighted by Gasteiger charge is 2.45. The number of halogens is 1. The number of anilines is 1. The topological polar surface area (TPSA) is 138 Å². The summed E-state index contributed by atoms with van der Waals surface area (Å²) < 4.78 is 7.09. The molecule has 188 valence electrons. The fraction of sp³-hybridized carbons (Fsp3) is 0.565. The van der Waals surface area contributed by atoms with Crippen molar-refractivity contribution in [3.8, 4) is 0 Å². The Morgan fingerprint density at radius 3 is 2.71 bits per heavy atom. The molecule has 2 aliphatic rings. The second-order valence-electron chi connectivity index (χ2n) is 8.97. The number of fused-ring (bicyclic) bond motifs is 1. The molecule has 0 amide bonds. The molecule has 2 aliphatic carbocycles. The average Bonchev–Trinajstić information content (AvgIpc) is 3.40. The van der Waals surface area contributed by atoms with Crippen LogP contribution in [0.2, 0.25) is 5.02 Å². The van der Waals surface area contributed by atoms with Crippen molar-refractivity contribution >= 4 is 40.3 Å². The number of hydrogen-bond acceptors (Lipinski definition) is 10. The SMILES string of the molecule is CCCSc1nc(NC2CC2c2ccc(Cl)cc2)c2nnn([C@H]3C[C@@H](OCCO)[C@H](O)[C@@H]3O)c2n1. The van der Waals surface area contributed by atoms with Crippen molar-refractivity contribution < 1.29 is 20.1 Å². The van der Waals surface area contributed by atoms with Crippen molar-refractivity contribution in [2.24, 2.45) is 0 Å². The van der Waals surface area contributed by atoms with Crippen LogP contribution in [0.15, 0.2) is 29.4 Å². The number of aliphatic hydroxyl groups excluding tert-OH is 3. The summed E-state index contributed by atoms with van der Waals surface area (Å²) in [7, 11) is 0. The quantitative estimate of drug-likeness (QED) is 0.233. The Labute approximate surface area is 212 Å². The minimum absolute atomic E-state index is 0.0868. The summed E-state index contributed by atoms with van der Waals surface area (Å²) >= 11 is 7.59. The fourth-order valence-electron chi connectivity index (χ4n) is 4.58. The van der Waals surface area contributed by atoms with Gasteiger partial charge in [0.2, 0.25) is 0 Å². The zero-order valence-corrected chi connectivity index (χ0v) is 20.9. The van der Waals surface area contributed by atoms with Crippen LogP contribution in [-0.2, 0) is 4.74 Å². The van der Waals surface area contributed by atoms with Crippen molar-refractivity contribution in [2.45, 2.75) is 67.7 Å². The smallest absolute Gasteiger partial charge is 0.191 e. The Morgan fingerprint density at radius 1 is 1.17 bits per heavy atom. The van der Waals surface area contributed by atoms with Crippen LogP contribution < -0.4 is 5.32 Å². The standard InChI is InChI=1S/C23H29ClN6O4S/c1-2-9-35-23-26-21(25-15-10-14(15)12-3-5-13(24)6-4-12)18-22(27-23)30(29-28-18)16-11-17(34-8-7-31)20(33)19(16)32/h3-6,14-17,19-20,31-33H,2,7-11H2,1H3,(H,25,26,27)/t14?,15?,16-,17+,19+,20-/m0/s1. The first-order valence-corrected chi connectivity index (χ1v) is 13.2. The van der Waals surface area contributed by atoms with Gasteiger partial charge in [0.25, 0.3) is 0 Å². The van der Waals surface area contributed by atoms with Crippen molar-refractivity contribution in [1.82, 2.24) is 25.0 Å². The average molecular weight is 521 g/mol. The molecular formula is C23H29ClN6O4S. The van der Waals surface area contributed by atoms with E-state index in [1.54, 1.807) is 16.4 Å². The van der Waals surface area contributed by atoms with E-state index in [4.69, 9.17) is 31.4 Å². The van der Waals surface area contributed by atoms with Gasteiger partial charge in [-0.3, -0.25) is 0 Å². The lowest BCUT2D eigenvalue weighted by Gasteiger charge is -2.17. The monoisotopic (exact) mass is 520 g/mol. The third-order valence-corrected chi connectivity index (χ3v) is 7.79. The van der Waals surface area contributed by atoms with E-state index in [2.05, 4.69) is 22.6 Å². The van der Waals surface area contributed by atoms with Crippen LogP contribution in [0.25, 0.3) is 11.2 Å². The lowest BCUT2D eigenvalue weighted by atomic mass is 10.1. The highest BCUT2D eigenvalue weighted by atomic mass is 35.5. The maximum absolute atomic E-state index is 10.7. The van der Waals surface area contributed by atoms with E-state index in [1.165, 1.54) is 5.56 Å². The Morgan fingerprint density at radius 2 is 1.97 bits per heavy atom. The normalized spacial score (nSPS) is 28.0. The van der Waals surface area contributed by atoms with Gasteiger partial charge in [-0.2, -0.15) is 0 Å². The van der Waals surface area contributed by atoms with Gasteiger partial charge in [-0.25, -0.2) is 14.6 Å². The summed E-state index contributed by atoms with van der Waals surface area (Å²) in [5.41, 5.74) is 2.25. The van der Waals surface area contributed by atoms with Crippen LogP contribution >= 0.6 is 23.4 Å². The summed E-state index contributed by atoms with van der Waals surface area (Å²) in [6.45, 7) is 2.03. The van der Waals surface area contributed by atoms with Gasteiger partial charge in [-0.1, -0.05) is 47.6 Å². The molecule has 12 heteroatoms. The van der Waals surface area contributed by atoms with E-state index in [9.17, 15) is 10.2 Å². The largest absolute Gasteiger partial charge is 0.394 e. The Balaban J connectivity index is 1.42. The first-order chi connectivity index (χ1) is 17.0. The van der Waals surface area contributed by atoms with Crippen LogP contribution in [0.1, 0.15) is 43.7 Å². The Kier molecular flexibility index (Phi) is 7.42. The second-order valence-corrected chi connectivity index (χ2v) is 10.5. The lowest BCUT2D eigenvalue weighted by Crippen LogP contribution is -2.33. The molecule has 2 heterocycles. The molecule has 0 bridgehead atoms. The van der Waals surface area contributed by atoms with Gasteiger partial charge < -0.3 is 25.4 Å². The van der Waals surface area contributed by atoms with Crippen molar-refractivity contribution in [1.29, 1.82) is 0 Å². The fourth-order valence-corrected chi connectivity index (χ4v) is 5.40. The van der Waals surface area contributed by atoms with Gasteiger partial charge in [0.05, 0.1) is 25.4 Å². The van der Waals surface area contributed by atoms with Gasteiger partial charge >= 0.3 is 0 Å². The van der Waals surface area contributed by atoms with Gasteiger partial charge in [0, 0.05) is 29.2 Å². The third kappa shape index (κ3) is 5.11. The number of thioether (sulfide) groups is 1. The van der Waals surface area contributed by atoms with Gasteiger partial charge in [0.1, 0.15) is 12.2 Å². The Bertz CT molecular complexity index is 1160. The van der Waals surface area contributed by atoms with Crippen molar-refractivity contribution in [3.63, 3.8) is 0 Å². The summed E-state index contributed by atoms with van der Waals surface area (Å²) in [4.78, 5) is 9.43. The Hall–Kier alpha value is -2.02. The minimum Gasteiger partial charge on any atom is -0.394 e. The third-order valence-electron chi connectivity index (χ3n) is 6.49. The maximum Gasteiger partial charge on any atom is 0.191 e. The molecule has 35 heavy (non-hydrogen) atoms. The van der Waals surface area contributed by atoms with Gasteiger partial charge in [0.15, 0.2) is 22.1 Å². The number of nitrogens with one attached hydrogen (secondary N) is 1. The van der Waals surface area contributed by atoms with Crippen molar-refractivity contribution in [3.05, 3.63) is 34.9 Å². The summed E-state index contributed by atoms with van der Waals surface area (Å²) in [5.74, 6) is 1.84. The van der Waals surface area contributed by atoms with E-state index in [1.807, 2.05) is 24.3 Å². The molecule has 3 aromatic rings. The molecule has 10 nitrogen and oxygen atoms in total. The molecule has 2 fully saturated rings. The molecular weight excluding hydrogens is 492 g/mol. The molecule has 5 rings (SSSR count). The number of ether oxygens (including phenoxy) is 1. The minimum atomic E-state index is -1.10. The predicted molar refractivity (Wildman–Crippen MR) is 133 cm³/mol. The molecule has 2 aromatic heterocycles.